The molecular weight excluding hydrogens is 310 g/mol. The Labute approximate surface area is 138 Å². The summed E-state index contributed by atoms with van der Waals surface area (Å²) >= 11 is 0. The molecule has 0 spiro atoms. The second-order valence-corrected chi connectivity index (χ2v) is 5.52. The molecule has 0 unspecified atom stereocenters. The van der Waals surface area contributed by atoms with E-state index in [2.05, 4.69) is 9.97 Å². The molecular formula is C17H17N3O4. The number of hydrogen-bond donors (Lipinski definition) is 2. The molecule has 0 aliphatic heterocycles. The number of hydrogen-bond acceptors (Lipinski definition) is 7. The van der Waals surface area contributed by atoms with Crippen LogP contribution in [0.4, 0.5) is 0 Å². The summed E-state index contributed by atoms with van der Waals surface area (Å²) < 4.78 is 0. The van der Waals surface area contributed by atoms with Gasteiger partial charge in [0.25, 0.3) is 0 Å². The van der Waals surface area contributed by atoms with E-state index in [1.807, 2.05) is 4.90 Å². The quantitative estimate of drug-likeness (QED) is 0.659. The first kappa shape index (κ1) is 16.4. The third-order valence-corrected chi connectivity index (χ3v) is 3.94. The minimum atomic E-state index is -0.314. The van der Waals surface area contributed by atoms with Gasteiger partial charge in [-0.25, -0.2) is 9.97 Å². The van der Waals surface area contributed by atoms with E-state index >= 15 is 0 Å². The van der Waals surface area contributed by atoms with E-state index in [0.717, 1.165) is 5.56 Å². The first-order chi connectivity index (χ1) is 11.7. The van der Waals surface area contributed by atoms with Crippen molar-refractivity contribution < 1.29 is 19.8 Å². The Morgan fingerprint density at radius 3 is 2.04 bits per heavy atom. The zero-order valence-corrected chi connectivity index (χ0v) is 13.0. The van der Waals surface area contributed by atoms with E-state index in [4.69, 9.17) is 10.2 Å². The maximum atomic E-state index is 12.6. The average Bonchev–Trinajstić information content (AvgIpc) is 2.60. The highest BCUT2D eigenvalue weighted by Crippen LogP contribution is 2.25. The van der Waals surface area contributed by atoms with Crippen molar-refractivity contribution in [3.05, 3.63) is 58.7 Å². The molecule has 1 aromatic carbocycles. The second kappa shape index (κ2) is 6.96. The van der Waals surface area contributed by atoms with Crippen LogP contribution in [-0.2, 0) is 6.54 Å². The third kappa shape index (κ3) is 2.96. The van der Waals surface area contributed by atoms with Crippen molar-refractivity contribution in [1.82, 2.24) is 14.9 Å². The molecule has 0 saturated carbocycles. The normalized spacial score (nSPS) is 13.1. The highest BCUT2D eigenvalue weighted by atomic mass is 16.3. The Hall–Kier alpha value is -2.48. The molecule has 2 N–H and O–H groups in total. The molecule has 1 aromatic heterocycles. The molecule has 0 amide bonds. The lowest BCUT2D eigenvalue weighted by atomic mass is 9.88. The summed E-state index contributed by atoms with van der Waals surface area (Å²) in [5.41, 5.74) is 1.63. The molecule has 1 aliphatic rings. The number of carbonyl (C=O) groups excluding carboxylic acids is 2. The molecule has 7 nitrogen and oxygen atoms in total. The zero-order valence-electron chi connectivity index (χ0n) is 13.0. The number of nitrogens with zero attached hydrogens (tertiary/aromatic N) is 3. The van der Waals surface area contributed by atoms with Crippen LogP contribution in [0.1, 0.15) is 37.7 Å². The van der Waals surface area contributed by atoms with Crippen molar-refractivity contribution in [3.8, 4) is 0 Å². The molecule has 24 heavy (non-hydrogen) atoms. The smallest absolute Gasteiger partial charge is 0.214 e. The zero-order chi connectivity index (χ0) is 17.1. The van der Waals surface area contributed by atoms with Gasteiger partial charge in [-0.2, -0.15) is 0 Å². The van der Waals surface area contributed by atoms with E-state index in [1.54, 1.807) is 18.2 Å². The number of carbonyl (C=O) groups is 2. The van der Waals surface area contributed by atoms with Crippen molar-refractivity contribution in [2.24, 2.45) is 0 Å². The molecule has 7 heteroatoms. The summed E-state index contributed by atoms with van der Waals surface area (Å²) in [4.78, 5) is 34.9. The van der Waals surface area contributed by atoms with Crippen LogP contribution in [0.2, 0.25) is 0 Å². The van der Waals surface area contributed by atoms with Gasteiger partial charge in [0.15, 0.2) is 0 Å². The molecule has 0 fully saturated rings. The van der Waals surface area contributed by atoms with Gasteiger partial charge in [-0.15, -0.1) is 0 Å². The van der Waals surface area contributed by atoms with Gasteiger partial charge in [-0.05, 0) is 17.7 Å². The summed E-state index contributed by atoms with van der Waals surface area (Å²) in [5.74, 6) is -0.618. The maximum Gasteiger partial charge on any atom is 0.214 e. The number of rotatable bonds is 6. The average molecular weight is 327 g/mol. The summed E-state index contributed by atoms with van der Waals surface area (Å²) in [6, 6.07) is 5.07. The lowest BCUT2D eigenvalue weighted by Gasteiger charge is -2.21. The van der Waals surface area contributed by atoms with Crippen LogP contribution >= 0.6 is 0 Å². The van der Waals surface area contributed by atoms with Gasteiger partial charge in [-0.1, -0.05) is 6.07 Å². The monoisotopic (exact) mass is 327 g/mol. The minimum Gasteiger partial charge on any atom is -0.395 e. The van der Waals surface area contributed by atoms with Gasteiger partial charge in [0.05, 0.1) is 13.2 Å². The highest BCUT2D eigenvalue weighted by molar-refractivity contribution is 6.26. The summed E-state index contributed by atoms with van der Waals surface area (Å²) in [6.07, 6.45) is 2.79. The topological polar surface area (TPSA) is 104 Å². The predicted octanol–water partition coefficient (Wildman–Crippen LogP) is 0.0386. The maximum absolute atomic E-state index is 12.6. The lowest BCUT2D eigenvalue weighted by Crippen LogP contribution is -2.30. The standard InChI is InChI=1S/C17H17N3O4/c21-7-5-20(6-8-22)10-11-1-2-12-13(9-11)17(24)15-14(16(12)23)18-3-4-19-15/h1-4,9,21-22H,5-8,10H2. The van der Waals surface area contributed by atoms with E-state index in [9.17, 15) is 9.59 Å². The molecule has 1 heterocycles. The third-order valence-electron chi connectivity index (χ3n) is 3.94. The molecule has 0 bridgehead atoms. The molecule has 1 aliphatic carbocycles. The summed E-state index contributed by atoms with van der Waals surface area (Å²) in [7, 11) is 0. The van der Waals surface area contributed by atoms with Crippen molar-refractivity contribution in [3.63, 3.8) is 0 Å². The van der Waals surface area contributed by atoms with Crippen LogP contribution in [0.25, 0.3) is 0 Å². The van der Waals surface area contributed by atoms with Gasteiger partial charge in [0.1, 0.15) is 11.4 Å². The van der Waals surface area contributed by atoms with Gasteiger partial charge in [-0.3, -0.25) is 14.5 Å². The Morgan fingerprint density at radius 2 is 1.46 bits per heavy atom. The van der Waals surface area contributed by atoms with Crippen LogP contribution in [0, 0.1) is 0 Å². The van der Waals surface area contributed by atoms with E-state index in [0.29, 0.717) is 30.8 Å². The van der Waals surface area contributed by atoms with Crippen LogP contribution in [-0.4, -0.2) is 63.0 Å². The highest BCUT2D eigenvalue weighted by Gasteiger charge is 2.32. The largest absolute Gasteiger partial charge is 0.395 e. The predicted molar refractivity (Wildman–Crippen MR) is 84.8 cm³/mol. The summed E-state index contributed by atoms with van der Waals surface area (Å²) in [6.45, 7) is 1.25. The molecule has 2 aromatic rings. The van der Waals surface area contributed by atoms with Crippen molar-refractivity contribution in [1.29, 1.82) is 0 Å². The fraction of sp³-hybridized carbons (Fsp3) is 0.294. The van der Waals surface area contributed by atoms with Crippen molar-refractivity contribution in [2.75, 3.05) is 26.3 Å². The number of aliphatic hydroxyl groups is 2. The molecule has 0 radical (unpaired) electrons. The number of ketones is 2. The lowest BCUT2D eigenvalue weighted by molar-refractivity contribution is 0.0971. The number of fused-ring (bicyclic) bond motifs is 2. The SMILES string of the molecule is O=C1c2ccc(CN(CCO)CCO)cc2C(=O)c2nccnc21. The molecule has 3 rings (SSSR count). The van der Waals surface area contributed by atoms with Crippen LogP contribution in [0.5, 0.6) is 0 Å². The van der Waals surface area contributed by atoms with Crippen molar-refractivity contribution >= 4 is 11.6 Å². The van der Waals surface area contributed by atoms with Crippen LogP contribution < -0.4 is 0 Å². The Morgan fingerprint density at radius 1 is 0.875 bits per heavy atom. The van der Waals surface area contributed by atoms with Crippen LogP contribution in [0.15, 0.2) is 30.6 Å². The second-order valence-electron chi connectivity index (χ2n) is 5.52. The Balaban J connectivity index is 1.93. The first-order valence-electron chi connectivity index (χ1n) is 7.63. The van der Waals surface area contributed by atoms with Gasteiger partial charge in [0.2, 0.25) is 11.6 Å². The Bertz CT molecular complexity index is 785. The number of aromatic nitrogens is 2. The number of aliphatic hydroxyl groups excluding tert-OH is 2. The van der Waals surface area contributed by atoms with Crippen LogP contribution in [0.3, 0.4) is 0 Å². The fourth-order valence-electron chi connectivity index (χ4n) is 2.81. The number of benzene rings is 1. The fourth-order valence-corrected chi connectivity index (χ4v) is 2.81. The van der Waals surface area contributed by atoms with E-state index in [1.165, 1.54) is 12.4 Å². The molecule has 0 atom stereocenters. The van der Waals surface area contributed by atoms with E-state index < -0.39 is 0 Å². The molecule has 0 saturated heterocycles. The van der Waals surface area contributed by atoms with Crippen molar-refractivity contribution in [2.45, 2.75) is 6.54 Å². The van der Waals surface area contributed by atoms with E-state index in [-0.39, 0.29) is 36.2 Å². The molecule has 124 valence electrons. The summed E-state index contributed by atoms with van der Waals surface area (Å²) in [5, 5.41) is 18.2. The van der Waals surface area contributed by atoms with Gasteiger partial charge in [0, 0.05) is 43.2 Å². The van der Waals surface area contributed by atoms with Gasteiger partial charge >= 0.3 is 0 Å². The first-order valence-corrected chi connectivity index (χ1v) is 7.63. The minimum absolute atomic E-state index is 0.0225. The van der Waals surface area contributed by atoms with Gasteiger partial charge < -0.3 is 10.2 Å². The Kier molecular flexibility index (Phi) is 4.75.